The second kappa shape index (κ2) is 7.44. The molecule has 3 rings (SSSR count). The average Bonchev–Trinajstić information content (AvgIpc) is 2.61. The lowest BCUT2D eigenvalue weighted by Gasteiger charge is -2.09. The van der Waals surface area contributed by atoms with Crippen molar-refractivity contribution in [2.24, 2.45) is 0 Å². The zero-order chi connectivity index (χ0) is 17.8. The van der Waals surface area contributed by atoms with E-state index in [0.717, 1.165) is 10.2 Å². The van der Waals surface area contributed by atoms with Crippen LogP contribution in [0.4, 0.5) is 17.2 Å². The van der Waals surface area contributed by atoms with Crippen molar-refractivity contribution < 1.29 is 4.79 Å². The molecule has 2 N–H and O–H groups in total. The minimum absolute atomic E-state index is 0.251. The van der Waals surface area contributed by atoms with E-state index in [2.05, 4.69) is 50.4 Å². The summed E-state index contributed by atoms with van der Waals surface area (Å²) in [6.45, 7) is 4.12. The smallest absolute Gasteiger partial charge is 0.275 e. The molecule has 0 aliphatic heterocycles. The Morgan fingerprint density at radius 3 is 2.48 bits per heavy atom. The molecule has 5 nitrogen and oxygen atoms in total. The molecule has 126 valence electrons. The Bertz CT molecular complexity index is 910. The van der Waals surface area contributed by atoms with Crippen molar-refractivity contribution in [1.82, 2.24) is 9.97 Å². The van der Waals surface area contributed by atoms with Gasteiger partial charge in [-0.3, -0.25) is 4.79 Å². The van der Waals surface area contributed by atoms with E-state index in [9.17, 15) is 4.79 Å². The predicted molar refractivity (Wildman–Crippen MR) is 103 cm³/mol. The van der Waals surface area contributed by atoms with Gasteiger partial charge in [-0.25, -0.2) is 9.97 Å². The van der Waals surface area contributed by atoms with Crippen LogP contribution in [0.15, 0.2) is 59.3 Å². The summed E-state index contributed by atoms with van der Waals surface area (Å²) < 4.78 is 0.810. The monoisotopic (exact) mass is 396 g/mol. The average molecular weight is 397 g/mol. The highest BCUT2D eigenvalue weighted by molar-refractivity contribution is 9.10. The molecule has 1 heterocycles. The zero-order valence-corrected chi connectivity index (χ0v) is 15.5. The van der Waals surface area contributed by atoms with Crippen LogP contribution in [0.3, 0.4) is 0 Å². The number of carbonyl (C=O) groups is 1. The van der Waals surface area contributed by atoms with Gasteiger partial charge in [-0.05, 0) is 65.2 Å². The fraction of sp³-hybridized carbons (Fsp3) is 0.105. The molecule has 0 atom stereocenters. The third-order valence-electron chi connectivity index (χ3n) is 3.79. The first-order chi connectivity index (χ1) is 12.0. The summed E-state index contributed by atoms with van der Waals surface area (Å²) in [5.74, 6) is 0.276. The number of rotatable bonds is 4. The number of nitrogens with one attached hydrogen (secondary N) is 2. The van der Waals surface area contributed by atoms with E-state index in [1.165, 1.54) is 17.3 Å². The Labute approximate surface area is 154 Å². The van der Waals surface area contributed by atoms with Crippen LogP contribution < -0.4 is 10.6 Å². The number of halogens is 1. The van der Waals surface area contributed by atoms with Gasteiger partial charge in [0.1, 0.15) is 11.5 Å². The second-order valence-electron chi connectivity index (χ2n) is 5.64. The predicted octanol–water partition coefficient (Wildman–Crippen LogP) is 4.85. The van der Waals surface area contributed by atoms with E-state index in [1.807, 2.05) is 42.5 Å². The first-order valence-corrected chi connectivity index (χ1v) is 8.54. The molecule has 1 amide bonds. The molecule has 6 heteroatoms. The number of anilines is 3. The Morgan fingerprint density at radius 2 is 1.80 bits per heavy atom. The maximum absolute atomic E-state index is 12.3. The Hall–Kier alpha value is -2.73. The number of para-hydroxylation sites is 1. The SMILES string of the molecule is Cc1ccc(Nc2cnc(C(=O)Nc3ccccc3Br)cn2)cc1C. The number of hydrogen-bond acceptors (Lipinski definition) is 4. The maximum atomic E-state index is 12.3. The highest BCUT2D eigenvalue weighted by Crippen LogP contribution is 2.22. The van der Waals surface area contributed by atoms with Crippen molar-refractivity contribution in [3.8, 4) is 0 Å². The molecular weight excluding hydrogens is 380 g/mol. The van der Waals surface area contributed by atoms with E-state index in [4.69, 9.17) is 0 Å². The number of hydrogen-bond donors (Lipinski definition) is 2. The normalized spacial score (nSPS) is 10.4. The van der Waals surface area contributed by atoms with Crippen LogP contribution in [0.2, 0.25) is 0 Å². The van der Waals surface area contributed by atoms with E-state index >= 15 is 0 Å². The minimum Gasteiger partial charge on any atom is -0.339 e. The van der Waals surface area contributed by atoms with E-state index in [-0.39, 0.29) is 11.6 Å². The lowest BCUT2D eigenvalue weighted by Crippen LogP contribution is -2.14. The molecule has 0 fully saturated rings. The first-order valence-electron chi connectivity index (χ1n) is 7.75. The van der Waals surface area contributed by atoms with Gasteiger partial charge in [0.2, 0.25) is 0 Å². The fourth-order valence-electron chi connectivity index (χ4n) is 2.23. The van der Waals surface area contributed by atoms with Gasteiger partial charge in [0, 0.05) is 10.2 Å². The van der Waals surface area contributed by atoms with Crippen LogP contribution >= 0.6 is 15.9 Å². The minimum atomic E-state index is -0.308. The molecule has 3 aromatic rings. The van der Waals surface area contributed by atoms with Crippen molar-refractivity contribution in [2.75, 3.05) is 10.6 Å². The highest BCUT2D eigenvalue weighted by Gasteiger charge is 2.10. The third-order valence-corrected chi connectivity index (χ3v) is 4.48. The van der Waals surface area contributed by atoms with E-state index in [1.54, 1.807) is 6.20 Å². The van der Waals surface area contributed by atoms with Crippen LogP contribution in [0.5, 0.6) is 0 Å². The Balaban J connectivity index is 1.70. The third kappa shape index (κ3) is 4.22. The molecule has 0 unspecified atom stereocenters. The van der Waals surface area contributed by atoms with Crippen LogP contribution in [-0.2, 0) is 0 Å². The second-order valence-corrected chi connectivity index (χ2v) is 6.50. The molecule has 0 saturated heterocycles. The largest absolute Gasteiger partial charge is 0.339 e. The van der Waals surface area contributed by atoms with E-state index in [0.29, 0.717) is 11.5 Å². The molecule has 0 aliphatic rings. The summed E-state index contributed by atoms with van der Waals surface area (Å²) in [6, 6.07) is 13.5. The first kappa shape index (κ1) is 17.1. The number of benzene rings is 2. The van der Waals surface area contributed by atoms with Crippen LogP contribution in [0, 0.1) is 13.8 Å². The van der Waals surface area contributed by atoms with Crippen molar-refractivity contribution >= 4 is 39.0 Å². The van der Waals surface area contributed by atoms with Crippen LogP contribution in [0.1, 0.15) is 21.6 Å². The summed E-state index contributed by atoms with van der Waals surface area (Å²) in [7, 11) is 0. The molecule has 0 spiro atoms. The van der Waals surface area contributed by atoms with Gasteiger partial charge in [-0.1, -0.05) is 18.2 Å². The number of amides is 1. The Morgan fingerprint density at radius 1 is 1.00 bits per heavy atom. The van der Waals surface area contributed by atoms with Crippen LogP contribution in [0.25, 0.3) is 0 Å². The van der Waals surface area contributed by atoms with Gasteiger partial charge in [0.15, 0.2) is 0 Å². The summed E-state index contributed by atoms with van der Waals surface area (Å²) in [5, 5.41) is 5.98. The maximum Gasteiger partial charge on any atom is 0.275 e. The van der Waals surface area contributed by atoms with Gasteiger partial charge in [-0.15, -0.1) is 0 Å². The fourth-order valence-corrected chi connectivity index (χ4v) is 2.61. The number of nitrogens with zero attached hydrogens (tertiary/aromatic N) is 2. The summed E-state index contributed by atoms with van der Waals surface area (Å²) in [6.07, 6.45) is 3.00. The van der Waals surface area contributed by atoms with Crippen LogP contribution in [-0.4, -0.2) is 15.9 Å². The lowest BCUT2D eigenvalue weighted by molar-refractivity contribution is 0.102. The molecule has 0 bridgehead atoms. The summed E-state index contributed by atoms with van der Waals surface area (Å²) in [5.41, 5.74) is 4.30. The summed E-state index contributed by atoms with van der Waals surface area (Å²) in [4.78, 5) is 20.7. The van der Waals surface area contributed by atoms with E-state index < -0.39 is 0 Å². The number of aromatic nitrogens is 2. The van der Waals surface area contributed by atoms with Gasteiger partial charge in [0.25, 0.3) is 5.91 Å². The molecule has 0 radical (unpaired) electrons. The van der Waals surface area contributed by atoms with Crippen molar-refractivity contribution in [3.05, 3.63) is 76.2 Å². The lowest BCUT2D eigenvalue weighted by atomic mass is 10.1. The highest BCUT2D eigenvalue weighted by atomic mass is 79.9. The zero-order valence-electron chi connectivity index (χ0n) is 13.9. The van der Waals surface area contributed by atoms with Crippen molar-refractivity contribution in [3.63, 3.8) is 0 Å². The number of aryl methyl sites for hydroxylation is 2. The quantitative estimate of drug-likeness (QED) is 0.661. The van der Waals surface area contributed by atoms with Crippen molar-refractivity contribution in [2.45, 2.75) is 13.8 Å². The van der Waals surface area contributed by atoms with Gasteiger partial charge >= 0.3 is 0 Å². The molecule has 25 heavy (non-hydrogen) atoms. The molecule has 0 aliphatic carbocycles. The standard InChI is InChI=1S/C19H17BrN4O/c1-12-7-8-14(9-13(12)2)23-18-11-21-17(10-22-18)19(25)24-16-6-4-3-5-15(16)20/h3-11H,1-2H3,(H,22,23)(H,24,25). The van der Waals surface area contributed by atoms with Gasteiger partial charge < -0.3 is 10.6 Å². The molecule has 2 aromatic carbocycles. The Kier molecular flexibility index (Phi) is 5.09. The molecular formula is C19H17BrN4O. The topological polar surface area (TPSA) is 66.9 Å². The van der Waals surface area contributed by atoms with Crippen molar-refractivity contribution in [1.29, 1.82) is 0 Å². The summed E-state index contributed by atoms with van der Waals surface area (Å²) >= 11 is 3.40. The van der Waals surface area contributed by atoms with Gasteiger partial charge in [-0.2, -0.15) is 0 Å². The van der Waals surface area contributed by atoms with Gasteiger partial charge in [0.05, 0.1) is 18.1 Å². The molecule has 1 aromatic heterocycles. The number of carbonyl (C=O) groups excluding carboxylic acids is 1. The molecule has 0 saturated carbocycles.